The number of hydrogen-bond acceptors (Lipinski definition) is 5. The summed E-state index contributed by atoms with van der Waals surface area (Å²) in [5, 5.41) is 8.21. The molecule has 0 aliphatic rings. The van der Waals surface area contributed by atoms with Crippen LogP contribution in [-0.2, 0) is 11.3 Å². The second-order valence-corrected chi connectivity index (χ2v) is 8.79. The molecule has 164 valence electrons. The van der Waals surface area contributed by atoms with Crippen LogP contribution in [-0.4, -0.2) is 48.6 Å². The van der Waals surface area contributed by atoms with E-state index in [4.69, 9.17) is 4.74 Å². The third-order valence-corrected chi connectivity index (χ3v) is 5.30. The summed E-state index contributed by atoms with van der Waals surface area (Å²) >= 11 is 1.37. The molecule has 1 aromatic heterocycles. The number of nitrogens with one attached hydrogen (secondary N) is 2. The topological polar surface area (TPSA) is 83.6 Å². The van der Waals surface area contributed by atoms with Crippen LogP contribution in [0, 0.1) is 5.92 Å². The molecular weight excluding hydrogens is 400 g/mol. The number of benzene rings is 1. The van der Waals surface area contributed by atoms with E-state index in [0.717, 1.165) is 5.69 Å². The monoisotopic (exact) mass is 432 g/mol. The molecule has 0 fully saturated rings. The summed E-state index contributed by atoms with van der Waals surface area (Å²) < 4.78 is 5.15. The molecule has 3 amide bonds. The first kappa shape index (κ1) is 23.8. The fourth-order valence-corrected chi connectivity index (χ4v) is 3.44. The van der Waals surface area contributed by atoms with Gasteiger partial charge in [-0.15, -0.1) is 11.3 Å². The lowest BCUT2D eigenvalue weighted by Gasteiger charge is -2.22. The largest absolute Gasteiger partial charge is 0.383 e. The van der Waals surface area contributed by atoms with Crippen LogP contribution in [0.4, 0.5) is 10.5 Å². The highest BCUT2D eigenvalue weighted by Gasteiger charge is 2.18. The Bertz CT molecular complexity index is 818. The van der Waals surface area contributed by atoms with Gasteiger partial charge in [-0.2, -0.15) is 0 Å². The molecule has 0 aliphatic heterocycles. The van der Waals surface area contributed by atoms with E-state index in [-0.39, 0.29) is 11.9 Å². The zero-order valence-electron chi connectivity index (χ0n) is 18.4. The molecule has 0 atom stereocenters. The lowest BCUT2D eigenvalue weighted by molar-refractivity contribution is 0.0944. The highest BCUT2D eigenvalue weighted by Crippen LogP contribution is 2.18. The summed E-state index contributed by atoms with van der Waals surface area (Å²) in [6.45, 7) is 10.1. The van der Waals surface area contributed by atoms with E-state index in [1.807, 2.05) is 38.1 Å². The van der Waals surface area contributed by atoms with Gasteiger partial charge in [-0.1, -0.05) is 39.8 Å². The minimum atomic E-state index is -0.231. The first-order valence-electron chi connectivity index (χ1n) is 10.2. The lowest BCUT2D eigenvalue weighted by atomic mass is 10.0. The summed E-state index contributed by atoms with van der Waals surface area (Å²) in [6.07, 6.45) is 0. The average molecular weight is 433 g/mol. The first-order chi connectivity index (χ1) is 14.3. The number of anilines is 1. The molecule has 2 aromatic rings. The fourth-order valence-electron chi connectivity index (χ4n) is 2.65. The van der Waals surface area contributed by atoms with E-state index in [2.05, 4.69) is 29.5 Å². The number of nitrogens with zero attached hydrogens (tertiary/aromatic N) is 2. The van der Waals surface area contributed by atoms with E-state index in [1.165, 1.54) is 16.9 Å². The summed E-state index contributed by atoms with van der Waals surface area (Å²) in [5.41, 5.74) is 2.34. The van der Waals surface area contributed by atoms with Gasteiger partial charge in [0.25, 0.3) is 5.91 Å². The van der Waals surface area contributed by atoms with E-state index in [9.17, 15) is 9.59 Å². The van der Waals surface area contributed by atoms with E-state index < -0.39 is 0 Å². The van der Waals surface area contributed by atoms with E-state index >= 15 is 0 Å². The Labute approximate surface area is 182 Å². The number of ether oxygens (including phenoxy) is 1. The van der Waals surface area contributed by atoms with Crippen molar-refractivity contribution < 1.29 is 14.3 Å². The average Bonchev–Trinajstić information content (AvgIpc) is 3.18. The van der Waals surface area contributed by atoms with Crippen molar-refractivity contribution in [3.8, 4) is 0 Å². The molecule has 0 unspecified atom stereocenters. The van der Waals surface area contributed by atoms with Gasteiger partial charge in [0, 0.05) is 31.3 Å². The fraction of sp³-hybridized carbons (Fsp3) is 0.500. The molecule has 0 saturated carbocycles. The molecule has 30 heavy (non-hydrogen) atoms. The highest BCUT2D eigenvalue weighted by atomic mass is 32.1. The number of amides is 3. The molecule has 0 radical (unpaired) electrons. The number of carbonyl (C=O) groups is 2. The van der Waals surface area contributed by atoms with Crippen molar-refractivity contribution in [2.24, 2.45) is 5.92 Å². The number of aromatic nitrogens is 1. The zero-order valence-corrected chi connectivity index (χ0v) is 19.2. The molecule has 1 heterocycles. The van der Waals surface area contributed by atoms with Crippen molar-refractivity contribution in [2.45, 2.75) is 40.2 Å². The Kier molecular flexibility index (Phi) is 9.26. The van der Waals surface area contributed by atoms with Gasteiger partial charge in [-0.3, -0.25) is 4.79 Å². The Morgan fingerprint density at radius 2 is 1.87 bits per heavy atom. The van der Waals surface area contributed by atoms with Crippen LogP contribution in [0.2, 0.25) is 0 Å². The van der Waals surface area contributed by atoms with Crippen LogP contribution < -0.4 is 10.6 Å². The number of thiazole rings is 1. The molecule has 8 heteroatoms. The highest BCUT2D eigenvalue weighted by molar-refractivity contribution is 7.09. The van der Waals surface area contributed by atoms with E-state index in [1.54, 1.807) is 17.4 Å². The van der Waals surface area contributed by atoms with E-state index in [0.29, 0.717) is 48.8 Å². The predicted octanol–water partition coefficient (Wildman–Crippen LogP) is 4.33. The molecule has 1 aromatic carbocycles. The molecule has 0 aliphatic carbocycles. The Balaban J connectivity index is 2.02. The maximum absolute atomic E-state index is 12.8. The van der Waals surface area contributed by atoms with Crippen molar-refractivity contribution in [3.05, 3.63) is 45.9 Å². The number of carbonyl (C=O) groups excluding carboxylic acids is 2. The van der Waals surface area contributed by atoms with Gasteiger partial charge in [0.1, 0.15) is 10.7 Å². The third kappa shape index (κ3) is 7.42. The normalized spacial score (nSPS) is 11.0. The second kappa shape index (κ2) is 11.7. The van der Waals surface area contributed by atoms with Gasteiger partial charge >= 0.3 is 6.03 Å². The standard InChI is InChI=1S/C22H32N4O3S/c1-15(2)12-23-21(27)19-14-30-20(25-19)13-26(10-11-29-5)22(28)24-18-8-6-17(7-9-18)16(3)4/h6-9,14-16H,10-13H2,1-5H3,(H,23,27)(H,24,28). The number of rotatable bonds is 10. The summed E-state index contributed by atoms with van der Waals surface area (Å²) in [7, 11) is 1.60. The quantitative estimate of drug-likeness (QED) is 0.585. The maximum atomic E-state index is 12.8. The van der Waals surface area contributed by atoms with Crippen LogP contribution in [0.3, 0.4) is 0 Å². The van der Waals surface area contributed by atoms with Crippen molar-refractivity contribution in [2.75, 3.05) is 32.1 Å². The Morgan fingerprint density at radius 1 is 1.17 bits per heavy atom. The summed E-state index contributed by atoms with van der Waals surface area (Å²) in [4.78, 5) is 31.0. The van der Waals surface area contributed by atoms with Crippen molar-refractivity contribution in [1.82, 2.24) is 15.2 Å². The molecule has 2 rings (SSSR count). The smallest absolute Gasteiger partial charge is 0.322 e. The van der Waals surface area contributed by atoms with Crippen LogP contribution in [0.25, 0.3) is 0 Å². The van der Waals surface area contributed by atoms with Crippen LogP contribution in [0.5, 0.6) is 0 Å². The van der Waals surface area contributed by atoms with Crippen LogP contribution in [0.15, 0.2) is 29.6 Å². The van der Waals surface area contributed by atoms with Gasteiger partial charge < -0.3 is 20.3 Å². The molecule has 0 bridgehead atoms. The molecule has 7 nitrogen and oxygen atoms in total. The summed E-state index contributed by atoms with van der Waals surface area (Å²) in [6, 6.07) is 7.61. The number of methoxy groups -OCH3 is 1. The zero-order chi connectivity index (χ0) is 22.1. The Morgan fingerprint density at radius 3 is 2.47 bits per heavy atom. The Hall–Kier alpha value is -2.45. The third-order valence-electron chi connectivity index (χ3n) is 4.46. The molecular formula is C22H32N4O3S. The number of urea groups is 1. The van der Waals surface area contributed by atoms with Gasteiger partial charge in [0.2, 0.25) is 0 Å². The minimum Gasteiger partial charge on any atom is -0.383 e. The van der Waals surface area contributed by atoms with Gasteiger partial charge in [0.15, 0.2) is 0 Å². The van der Waals surface area contributed by atoms with Crippen molar-refractivity contribution in [3.63, 3.8) is 0 Å². The lowest BCUT2D eigenvalue weighted by Crippen LogP contribution is -2.37. The number of hydrogen-bond donors (Lipinski definition) is 2. The van der Waals surface area contributed by atoms with Gasteiger partial charge in [0.05, 0.1) is 13.2 Å². The second-order valence-electron chi connectivity index (χ2n) is 7.85. The van der Waals surface area contributed by atoms with Crippen molar-refractivity contribution in [1.29, 1.82) is 0 Å². The minimum absolute atomic E-state index is 0.190. The predicted molar refractivity (Wildman–Crippen MR) is 121 cm³/mol. The first-order valence-corrected chi connectivity index (χ1v) is 11.1. The maximum Gasteiger partial charge on any atom is 0.322 e. The van der Waals surface area contributed by atoms with Gasteiger partial charge in [-0.25, -0.2) is 9.78 Å². The summed E-state index contributed by atoms with van der Waals surface area (Å²) in [5.74, 6) is 0.615. The molecule has 0 spiro atoms. The van der Waals surface area contributed by atoms with Crippen molar-refractivity contribution >= 4 is 29.0 Å². The van der Waals surface area contributed by atoms with Crippen LogP contribution in [0.1, 0.15) is 54.7 Å². The van der Waals surface area contributed by atoms with Gasteiger partial charge in [-0.05, 0) is 29.5 Å². The van der Waals surface area contributed by atoms with Crippen LogP contribution >= 0.6 is 11.3 Å². The SMILES string of the molecule is COCCN(Cc1nc(C(=O)NCC(C)C)cs1)C(=O)Nc1ccc(C(C)C)cc1. The molecule has 0 saturated heterocycles. The molecule has 2 N–H and O–H groups in total.